The van der Waals surface area contributed by atoms with E-state index in [1.165, 1.54) is 0 Å². The van der Waals surface area contributed by atoms with E-state index < -0.39 is 9.84 Å². The second-order valence-corrected chi connectivity index (χ2v) is 9.01. The number of carbonyl (C=O) groups excluding carboxylic acids is 1. The van der Waals surface area contributed by atoms with Crippen LogP contribution in [-0.2, 0) is 14.6 Å². The fraction of sp³-hybridized carbons (Fsp3) is 0.647. The number of hydrogen-bond donors (Lipinski definition) is 1. The summed E-state index contributed by atoms with van der Waals surface area (Å²) in [4.78, 5) is 20.6. The van der Waals surface area contributed by atoms with Crippen molar-refractivity contribution in [2.24, 2.45) is 0 Å². The van der Waals surface area contributed by atoms with Gasteiger partial charge in [0.05, 0.1) is 36.6 Å². The molecule has 26 heavy (non-hydrogen) atoms. The van der Waals surface area contributed by atoms with Crippen molar-refractivity contribution < 1.29 is 17.9 Å². The summed E-state index contributed by atoms with van der Waals surface area (Å²) in [5.74, 6) is 0.211. The molecule has 0 saturated carbocycles. The van der Waals surface area contributed by atoms with Gasteiger partial charge in [-0.15, -0.1) is 0 Å². The van der Waals surface area contributed by atoms with Crippen molar-refractivity contribution in [3.05, 3.63) is 24.0 Å². The monoisotopic (exact) mass is 382 g/mol. The molecular weight excluding hydrogens is 356 g/mol. The predicted molar refractivity (Wildman–Crippen MR) is 99.3 cm³/mol. The van der Waals surface area contributed by atoms with E-state index in [1.54, 1.807) is 12.3 Å². The number of pyridine rings is 1. The Balaban J connectivity index is 1.49. The second kappa shape index (κ2) is 8.32. The highest BCUT2D eigenvalue weighted by Crippen LogP contribution is 2.22. The summed E-state index contributed by atoms with van der Waals surface area (Å²) < 4.78 is 28.6. The van der Waals surface area contributed by atoms with Crippen LogP contribution in [0.4, 0.5) is 5.69 Å². The van der Waals surface area contributed by atoms with Crippen LogP contribution < -0.4 is 10.2 Å². The average molecular weight is 382 g/mol. The second-order valence-electron chi connectivity index (χ2n) is 6.78. The molecule has 1 aromatic heterocycles. The zero-order valence-corrected chi connectivity index (χ0v) is 15.9. The number of ether oxygens (including phenoxy) is 1. The van der Waals surface area contributed by atoms with Crippen LogP contribution in [0.25, 0.3) is 0 Å². The van der Waals surface area contributed by atoms with Crippen molar-refractivity contribution in [3.8, 4) is 0 Å². The lowest BCUT2D eigenvalue weighted by molar-refractivity contribution is 0.0383. The number of anilines is 1. The van der Waals surface area contributed by atoms with E-state index in [2.05, 4.69) is 15.2 Å². The van der Waals surface area contributed by atoms with Gasteiger partial charge in [0.2, 0.25) is 0 Å². The molecule has 2 aliphatic rings. The molecule has 144 valence electrons. The molecule has 0 aliphatic carbocycles. The van der Waals surface area contributed by atoms with Crippen molar-refractivity contribution in [1.29, 1.82) is 0 Å². The Bertz CT molecular complexity index is 717. The van der Waals surface area contributed by atoms with Crippen molar-refractivity contribution in [1.82, 2.24) is 15.2 Å². The highest BCUT2D eigenvalue weighted by Gasteiger charge is 2.30. The summed E-state index contributed by atoms with van der Waals surface area (Å²) in [6.07, 6.45) is 2.25. The van der Waals surface area contributed by atoms with E-state index in [0.717, 1.165) is 38.5 Å². The standard InChI is InChI=1S/C17H26N4O4S/c1-20(15-4-11-26(23,24)13-15)14-2-3-16(19-12-14)17(22)18-5-6-21-7-9-25-10-8-21/h2-3,12,15H,4-11,13H2,1H3,(H,18,22). The van der Waals surface area contributed by atoms with Crippen LogP contribution in [0, 0.1) is 0 Å². The van der Waals surface area contributed by atoms with Gasteiger partial charge in [0.1, 0.15) is 5.69 Å². The van der Waals surface area contributed by atoms with Crippen molar-refractivity contribution in [2.45, 2.75) is 12.5 Å². The molecule has 1 amide bonds. The molecule has 2 fully saturated rings. The lowest BCUT2D eigenvalue weighted by Gasteiger charge is -2.26. The molecule has 1 N–H and O–H groups in total. The van der Waals surface area contributed by atoms with Crippen LogP contribution in [0.2, 0.25) is 0 Å². The number of rotatable bonds is 6. The maximum atomic E-state index is 12.2. The summed E-state index contributed by atoms with van der Waals surface area (Å²) in [7, 11) is -1.06. The van der Waals surface area contributed by atoms with Crippen molar-refractivity contribution in [3.63, 3.8) is 0 Å². The number of nitrogens with zero attached hydrogens (tertiary/aromatic N) is 3. The zero-order valence-electron chi connectivity index (χ0n) is 15.1. The first-order chi connectivity index (χ1) is 12.4. The van der Waals surface area contributed by atoms with E-state index in [9.17, 15) is 13.2 Å². The van der Waals surface area contributed by atoms with Crippen molar-refractivity contribution >= 4 is 21.4 Å². The molecule has 2 saturated heterocycles. The topological polar surface area (TPSA) is 91.8 Å². The van der Waals surface area contributed by atoms with Crippen LogP contribution in [0.5, 0.6) is 0 Å². The van der Waals surface area contributed by atoms with Gasteiger partial charge in [-0.05, 0) is 18.6 Å². The summed E-state index contributed by atoms with van der Waals surface area (Å²) >= 11 is 0. The van der Waals surface area contributed by atoms with Gasteiger partial charge < -0.3 is 15.0 Å². The van der Waals surface area contributed by atoms with Gasteiger partial charge in [0.25, 0.3) is 5.91 Å². The van der Waals surface area contributed by atoms with Crippen LogP contribution >= 0.6 is 0 Å². The Kier molecular flexibility index (Phi) is 6.10. The normalized spacial score (nSPS) is 22.9. The molecular formula is C17H26N4O4S. The van der Waals surface area contributed by atoms with Crippen LogP contribution in [0.1, 0.15) is 16.9 Å². The van der Waals surface area contributed by atoms with Crippen LogP contribution in [0.15, 0.2) is 18.3 Å². The molecule has 1 atom stereocenters. The Morgan fingerprint density at radius 3 is 2.77 bits per heavy atom. The van der Waals surface area contributed by atoms with Gasteiger partial charge in [-0.2, -0.15) is 0 Å². The number of hydrogen-bond acceptors (Lipinski definition) is 7. The van der Waals surface area contributed by atoms with Gasteiger partial charge in [-0.1, -0.05) is 0 Å². The van der Waals surface area contributed by atoms with Gasteiger partial charge >= 0.3 is 0 Å². The molecule has 9 heteroatoms. The highest BCUT2D eigenvalue weighted by molar-refractivity contribution is 7.91. The average Bonchev–Trinajstić information content (AvgIpc) is 3.02. The quantitative estimate of drug-likeness (QED) is 0.726. The van der Waals surface area contributed by atoms with Gasteiger partial charge in [-0.3, -0.25) is 9.69 Å². The van der Waals surface area contributed by atoms with Crippen molar-refractivity contribution in [2.75, 3.05) is 62.8 Å². The van der Waals surface area contributed by atoms with E-state index in [0.29, 0.717) is 18.7 Å². The molecule has 0 bridgehead atoms. The highest BCUT2D eigenvalue weighted by atomic mass is 32.2. The number of sulfone groups is 1. The zero-order chi connectivity index (χ0) is 18.6. The number of carbonyl (C=O) groups is 1. The SMILES string of the molecule is CN(c1ccc(C(=O)NCCN2CCOCC2)nc1)C1CCS(=O)(=O)C1. The third-order valence-electron chi connectivity index (χ3n) is 4.96. The largest absolute Gasteiger partial charge is 0.379 e. The predicted octanol–water partition coefficient (Wildman–Crippen LogP) is -0.233. The molecule has 1 unspecified atom stereocenters. The number of morpholine rings is 1. The first kappa shape index (κ1) is 19.1. The Labute approximate surface area is 154 Å². The molecule has 0 aromatic carbocycles. The molecule has 0 spiro atoms. The first-order valence-corrected chi connectivity index (χ1v) is 10.7. The molecule has 0 radical (unpaired) electrons. The Morgan fingerprint density at radius 2 is 2.15 bits per heavy atom. The summed E-state index contributed by atoms with van der Waals surface area (Å²) in [6, 6.07) is 3.46. The minimum Gasteiger partial charge on any atom is -0.379 e. The minimum absolute atomic E-state index is 0.0324. The number of nitrogens with one attached hydrogen (secondary N) is 1. The van der Waals surface area contributed by atoms with Gasteiger partial charge in [-0.25, -0.2) is 13.4 Å². The third-order valence-corrected chi connectivity index (χ3v) is 6.71. The lowest BCUT2D eigenvalue weighted by Crippen LogP contribution is -2.41. The summed E-state index contributed by atoms with van der Waals surface area (Å²) in [5.41, 5.74) is 1.18. The third kappa shape index (κ3) is 4.93. The van der Waals surface area contributed by atoms with E-state index in [1.807, 2.05) is 18.0 Å². The van der Waals surface area contributed by atoms with E-state index in [4.69, 9.17) is 4.74 Å². The smallest absolute Gasteiger partial charge is 0.269 e. The maximum Gasteiger partial charge on any atom is 0.269 e. The minimum atomic E-state index is -2.93. The fourth-order valence-electron chi connectivity index (χ4n) is 3.26. The Morgan fingerprint density at radius 1 is 1.38 bits per heavy atom. The van der Waals surface area contributed by atoms with E-state index >= 15 is 0 Å². The summed E-state index contributed by atoms with van der Waals surface area (Å²) in [6.45, 7) is 4.64. The Hall–Kier alpha value is -1.71. The number of amides is 1. The van der Waals surface area contributed by atoms with Gasteiger partial charge in [0, 0.05) is 39.3 Å². The number of aromatic nitrogens is 1. The van der Waals surface area contributed by atoms with Crippen LogP contribution in [0.3, 0.4) is 0 Å². The molecule has 1 aromatic rings. The lowest BCUT2D eigenvalue weighted by atomic mass is 10.2. The fourth-order valence-corrected chi connectivity index (χ4v) is 5.04. The van der Waals surface area contributed by atoms with Crippen LogP contribution in [-0.4, -0.2) is 88.2 Å². The first-order valence-electron chi connectivity index (χ1n) is 8.92. The molecule has 2 aliphatic heterocycles. The summed E-state index contributed by atoms with van der Waals surface area (Å²) in [5, 5.41) is 2.88. The van der Waals surface area contributed by atoms with E-state index in [-0.39, 0.29) is 23.5 Å². The molecule has 3 heterocycles. The van der Waals surface area contributed by atoms with Gasteiger partial charge in [0.15, 0.2) is 9.84 Å². The molecule has 3 rings (SSSR count). The maximum absolute atomic E-state index is 12.2. The molecule has 8 nitrogen and oxygen atoms in total.